The van der Waals surface area contributed by atoms with Gasteiger partial charge in [0.1, 0.15) is 5.82 Å². The number of allylic oxidation sites excluding steroid dienone is 3. The lowest BCUT2D eigenvalue weighted by atomic mass is 10.0. The molecular weight excluding hydrogens is 403 g/mol. The highest BCUT2D eigenvalue weighted by Crippen LogP contribution is 2.22. The Morgan fingerprint density at radius 2 is 1.66 bits per heavy atom. The summed E-state index contributed by atoms with van der Waals surface area (Å²) in [6, 6.07) is 16.7. The highest BCUT2D eigenvalue weighted by atomic mass is 19.1. The molecule has 0 aliphatic heterocycles. The number of pyridine rings is 1. The molecule has 3 rings (SSSR count). The number of hydrogen-bond donors (Lipinski definition) is 3. The molecule has 32 heavy (non-hydrogen) atoms. The van der Waals surface area contributed by atoms with Crippen LogP contribution >= 0.6 is 0 Å². The van der Waals surface area contributed by atoms with Gasteiger partial charge in [-0.25, -0.2) is 4.39 Å². The first-order valence-electron chi connectivity index (χ1n) is 10.0. The van der Waals surface area contributed by atoms with Crippen LogP contribution in [0.2, 0.25) is 0 Å². The first-order valence-corrected chi connectivity index (χ1v) is 10.0. The molecule has 2 aromatic carbocycles. The molecule has 0 bridgehead atoms. The number of nitrogen functional groups attached to an aromatic ring is 1. The van der Waals surface area contributed by atoms with Crippen molar-refractivity contribution in [3.05, 3.63) is 102 Å². The molecule has 6 N–H and O–H groups in total. The number of anilines is 1. The smallest absolute Gasteiger partial charge is 0.214 e. The second kappa shape index (κ2) is 13.4. The van der Waals surface area contributed by atoms with Gasteiger partial charge in [0, 0.05) is 18.8 Å². The summed E-state index contributed by atoms with van der Waals surface area (Å²) >= 11 is 0. The van der Waals surface area contributed by atoms with E-state index in [-0.39, 0.29) is 11.7 Å². The molecule has 0 fully saturated rings. The van der Waals surface area contributed by atoms with Crippen LogP contribution in [0.25, 0.3) is 16.8 Å². The fourth-order valence-electron chi connectivity index (χ4n) is 2.57. The predicted molar refractivity (Wildman–Crippen MR) is 132 cm³/mol. The minimum Gasteiger partial charge on any atom is -0.399 e. The van der Waals surface area contributed by atoms with Crippen LogP contribution in [0.15, 0.2) is 79.0 Å². The minimum absolute atomic E-state index is 0.124. The van der Waals surface area contributed by atoms with E-state index in [1.54, 1.807) is 19.2 Å². The predicted octanol–water partition coefficient (Wildman–Crippen LogP) is 5.14. The molecule has 0 saturated carbocycles. The quantitative estimate of drug-likeness (QED) is 0.392. The molecule has 6 heteroatoms. The zero-order valence-corrected chi connectivity index (χ0v) is 19.0. The fourth-order valence-corrected chi connectivity index (χ4v) is 2.57. The van der Waals surface area contributed by atoms with Gasteiger partial charge in [0.25, 0.3) is 0 Å². The van der Waals surface area contributed by atoms with E-state index in [0.717, 1.165) is 33.6 Å². The van der Waals surface area contributed by atoms with Gasteiger partial charge in [0.2, 0.25) is 5.91 Å². The summed E-state index contributed by atoms with van der Waals surface area (Å²) in [5, 5.41) is 0. The zero-order valence-electron chi connectivity index (χ0n) is 19.0. The first kappa shape index (κ1) is 26.1. The number of aryl methyl sites for hydroxylation is 2. The van der Waals surface area contributed by atoms with E-state index < -0.39 is 0 Å². The molecular formula is C26H31FN4O. The van der Waals surface area contributed by atoms with Gasteiger partial charge >= 0.3 is 0 Å². The van der Waals surface area contributed by atoms with E-state index in [1.807, 2.05) is 74.5 Å². The number of amides is 1. The lowest BCUT2D eigenvalue weighted by Crippen LogP contribution is -2.01. The van der Waals surface area contributed by atoms with Crippen molar-refractivity contribution in [1.29, 1.82) is 0 Å². The number of hydrogen-bond acceptors (Lipinski definition) is 4. The van der Waals surface area contributed by atoms with Gasteiger partial charge in [-0.1, -0.05) is 42.0 Å². The maximum Gasteiger partial charge on any atom is 0.214 e. The summed E-state index contributed by atoms with van der Waals surface area (Å²) in [5.74, 6) is -0.458. The number of primary amides is 1. The highest BCUT2D eigenvalue weighted by molar-refractivity contribution is 5.71. The van der Waals surface area contributed by atoms with Gasteiger partial charge < -0.3 is 17.2 Å². The number of carbonyl (C=O) groups excluding carboxylic acids is 1. The molecule has 0 aliphatic rings. The third kappa shape index (κ3) is 9.71. The van der Waals surface area contributed by atoms with Crippen LogP contribution in [0.4, 0.5) is 10.1 Å². The van der Waals surface area contributed by atoms with Crippen LogP contribution in [-0.2, 0) is 4.79 Å². The molecule has 0 unspecified atom stereocenters. The maximum atomic E-state index is 12.5. The van der Waals surface area contributed by atoms with Gasteiger partial charge in [-0.15, -0.1) is 0 Å². The maximum absolute atomic E-state index is 12.5. The fraction of sp³-hybridized carbons (Fsp3) is 0.154. The zero-order chi connectivity index (χ0) is 24.1. The molecule has 168 valence electrons. The SMILES string of the molecule is C/C=C\C=C(/N)c1cc(-c2cccc(N)c2)ccn1.CC(N)=O.Cc1ccc(F)c(C)c1. The van der Waals surface area contributed by atoms with Crippen LogP contribution in [0.1, 0.15) is 30.7 Å². The monoisotopic (exact) mass is 434 g/mol. The number of nitrogens with zero attached hydrogens (tertiary/aromatic N) is 1. The third-order valence-electron chi connectivity index (χ3n) is 4.06. The number of nitrogens with two attached hydrogens (primary N) is 3. The van der Waals surface area contributed by atoms with Gasteiger partial charge in [0.15, 0.2) is 0 Å². The van der Waals surface area contributed by atoms with Crippen molar-refractivity contribution in [3.8, 4) is 11.1 Å². The van der Waals surface area contributed by atoms with Gasteiger partial charge in [-0.2, -0.15) is 0 Å². The number of rotatable bonds is 3. The molecule has 1 heterocycles. The Morgan fingerprint density at radius 3 is 2.22 bits per heavy atom. The van der Waals surface area contributed by atoms with E-state index in [0.29, 0.717) is 5.70 Å². The Hall–Kier alpha value is -3.93. The Balaban J connectivity index is 0.000000326. The normalized spacial score (nSPS) is 10.6. The van der Waals surface area contributed by atoms with Crippen molar-refractivity contribution in [2.75, 3.05) is 5.73 Å². The molecule has 0 saturated heterocycles. The number of halogens is 1. The Morgan fingerprint density at radius 1 is 1.00 bits per heavy atom. The molecule has 0 atom stereocenters. The topological polar surface area (TPSA) is 108 Å². The summed E-state index contributed by atoms with van der Waals surface area (Å²) in [6.45, 7) is 6.97. The van der Waals surface area contributed by atoms with Gasteiger partial charge in [-0.3, -0.25) is 9.78 Å². The average Bonchev–Trinajstić information content (AvgIpc) is 2.75. The minimum atomic E-state index is -0.333. The van der Waals surface area contributed by atoms with Crippen LogP contribution in [0, 0.1) is 19.7 Å². The molecule has 1 amide bonds. The third-order valence-corrected chi connectivity index (χ3v) is 4.06. The van der Waals surface area contributed by atoms with Crippen molar-refractivity contribution in [1.82, 2.24) is 4.98 Å². The Kier molecular flexibility index (Phi) is 10.9. The van der Waals surface area contributed by atoms with Crippen molar-refractivity contribution < 1.29 is 9.18 Å². The number of benzene rings is 2. The van der Waals surface area contributed by atoms with Crippen LogP contribution < -0.4 is 17.2 Å². The van der Waals surface area contributed by atoms with E-state index in [4.69, 9.17) is 11.5 Å². The summed E-state index contributed by atoms with van der Waals surface area (Å²) in [5.41, 5.74) is 22.3. The summed E-state index contributed by atoms with van der Waals surface area (Å²) in [7, 11) is 0. The van der Waals surface area contributed by atoms with Crippen molar-refractivity contribution in [2.45, 2.75) is 27.7 Å². The largest absolute Gasteiger partial charge is 0.399 e. The molecule has 1 aromatic heterocycles. The summed E-state index contributed by atoms with van der Waals surface area (Å²) in [4.78, 5) is 13.5. The number of carbonyl (C=O) groups is 1. The van der Waals surface area contributed by atoms with Crippen molar-refractivity contribution >= 4 is 17.3 Å². The van der Waals surface area contributed by atoms with E-state index in [2.05, 4.69) is 10.7 Å². The van der Waals surface area contributed by atoms with Crippen LogP contribution in [0.5, 0.6) is 0 Å². The number of aromatic nitrogens is 1. The lowest BCUT2D eigenvalue weighted by Gasteiger charge is -2.05. The van der Waals surface area contributed by atoms with Crippen molar-refractivity contribution in [3.63, 3.8) is 0 Å². The van der Waals surface area contributed by atoms with E-state index >= 15 is 0 Å². The lowest BCUT2D eigenvalue weighted by molar-refractivity contribution is -0.115. The molecule has 0 aliphatic carbocycles. The molecule has 0 radical (unpaired) electrons. The first-order chi connectivity index (χ1) is 15.1. The van der Waals surface area contributed by atoms with Gasteiger partial charge in [-0.05, 0) is 73.9 Å². The van der Waals surface area contributed by atoms with E-state index in [9.17, 15) is 9.18 Å². The second-order valence-corrected chi connectivity index (χ2v) is 7.07. The Labute approximate surface area is 189 Å². The summed E-state index contributed by atoms with van der Waals surface area (Å²) in [6.07, 6.45) is 7.41. The second-order valence-electron chi connectivity index (χ2n) is 7.07. The highest BCUT2D eigenvalue weighted by Gasteiger charge is 2.02. The average molecular weight is 435 g/mol. The summed E-state index contributed by atoms with van der Waals surface area (Å²) < 4.78 is 12.5. The van der Waals surface area contributed by atoms with Gasteiger partial charge in [0.05, 0.1) is 11.4 Å². The standard InChI is InChI=1S/C16H17N3.C8H9F.C2H5NO/c1-2-3-7-15(18)16-11-13(8-9-19-16)12-5-4-6-14(17)10-12;1-6-3-4-8(9)7(2)5-6;1-2(3)4/h2-11H,17-18H2,1H3;3-5H,1-2H3;1H3,(H2,3,4)/b3-2-,15-7-;;. The molecule has 0 spiro atoms. The van der Waals surface area contributed by atoms with Crippen LogP contribution in [0.3, 0.4) is 0 Å². The molecule has 3 aromatic rings. The Bertz CT molecular complexity index is 1090. The van der Waals surface area contributed by atoms with Crippen LogP contribution in [-0.4, -0.2) is 10.9 Å². The van der Waals surface area contributed by atoms with Crippen molar-refractivity contribution in [2.24, 2.45) is 11.5 Å². The molecule has 5 nitrogen and oxygen atoms in total. The van der Waals surface area contributed by atoms with E-state index in [1.165, 1.54) is 13.0 Å².